The number of ether oxygens (including phenoxy) is 3. The summed E-state index contributed by atoms with van der Waals surface area (Å²) in [7, 11) is -45.9. The summed E-state index contributed by atoms with van der Waals surface area (Å²) in [5.74, 6) is 0. The molecule has 3 aromatic heterocycles. The number of aromatic nitrogens is 6. The first kappa shape index (κ1) is 84.9. The maximum absolute atomic E-state index is 14.6. The van der Waals surface area contributed by atoms with Gasteiger partial charge in [0.25, 0.3) is 23.4 Å². The quantitative estimate of drug-likeness (QED) is 0.0227. The lowest BCUT2D eigenvalue weighted by Crippen LogP contribution is -2.35. The lowest BCUT2D eigenvalue weighted by molar-refractivity contribution is -0.240. The van der Waals surface area contributed by atoms with Crippen LogP contribution in [-0.4, -0.2) is 113 Å². The monoisotopic (exact) mass is 1610 g/mol. The summed E-state index contributed by atoms with van der Waals surface area (Å²) in [6.45, 7) is -3.83. The van der Waals surface area contributed by atoms with Gasteiger partial charge in [-0.05, 0) is 48.6 Å². The number of benzene rings is 1. The van der Waals surface area contributed by atoms with Crippen molar-refractivity contribution >= 4 is 76.4 Å². The number of hydrogen-bond acceptors (Lipinski definition) is 32. The zero-order chi connectivity index (χ0) is 76.1. The molecule has 6 heterocycles. The molecule has 0 amide bonds. The van der Waals surface area contributed by atoms with E-state index in [1.807, 2.05) is 15.0 Å². The molecule has 100 heavy (non-hydrogen) atoms. The second-order valence-electron chi connectivity index (χ2n) is 20.5. The van der Waals surface area contributed by atoms with E-state index < -0.39 is 190 Å². The van der Waals surface area contributed by atoms with Crippen LogP contribution in [0, 0.1) is 20.8 Å². The topological polar surface area (TPSA) is 703 Å². The third-order valence-corrected chi connectivity index (χ3v) is 28.4. The van der Waals surface area contributed by atoms with E-state index in [4.69, 9.17) is 46.9 Å². The van der Waals surface area contributed by atoms with Crippen molar-refractivity contribution in [2.24, 2.45) is 15.3 Å². The Labute approximate surface area is 554 Å². The van der Waals surface area contributed by atoms with E-state index in [1.165, 1.54) is 26.8 Å². The van der Waals surface area contributed by atoms with Gasteiger partial charge in [-0.1, -0.05) is 45.7 Å². The molecule has 4 N–H and O–H groups in total. The van der Waals surface area contributed by atoms with Gasteiger partial charge in [0.15, 0.2) is 7.60 Å². The molecule has 1 aromatic carbocycles. The number of azide groups is 3. The Bertz CT molecular complexity index is 4700. The van der Waals surface area contributed by atoms with Crippen LogP contribution in [0.5, 0.6) is 0 Å². The highest BCUT2D eigenvalue weighted by atomic mass is 35.7. The molecule has 0 spiro atoms. The maximum atomic E-state index is 14.6. The minimum Gasteiger partial charge on any atom is -0.775 e. The van der Waals surface area contributed by atoms with Gasteiger partial charge in [0.05, 0.1) is 56.3 Å². The zero-order valence-corrected chi connectivity index (χ0v) is 57.8. The van der Waals surface area contributed by atoms with Gasteiger partial charge in [-0.15, -0.1) is 0 Å². The third-order valence-electron chi connectivity index (χ3n) is 13.3. The van der Waals surface area contributed by atoms with Crippen LogP contribution >= 0.6 is 71.1 Å². The van der Waals surface area contributed by atoms with Gasteiger partial charge in [-0.2, -0.15) is 26.3 Å². The van der Waals surface area contributed by atoms with Crippen molar-refractivity contribution in [1.82, 2.24) is 28.7 Å². The number of nitrogens with zero attached hydrogens (tertiary/aromatic N) is 12. The number of alkyl halides is 6. The van der Waals surface area contributed by atoms with Gasteiger partial charge in [0, 0.05) is 81.2 Å². The molecular formula is C40H45ClF6N15O30P8-7. The van der Waals surface area contributed by atoms with Crippen LogP contribution in [-0.2, 0) is 72.9 Å². The SMILES string of the molecule is Cc1cn([C@H]2C[C@@H](N=[N+]=[N-])[C@@H](COP(=O)([O-])C(F)(F)P(=O)([O-])O)O2)c(=O)[nH]c1=O.Cc1cn([C@H]2C[C@@H](N=[N+]=[N-])[C@@H](COP(=O)([O-])C(F)(F)P(=O)([O-])OP(=O)([O-])c3ccccc3)O2)c(=O)[nH]c1=O.Cc1cn([C@H]2C[C@@H](N=[N+]=[N-])[C@@H](COP(=O)([O-])C(F)(F)P(=O)([O-])OP(C)(=O)Cl)O2)c(=O)[nH]c1=O. The van der Waals surface area contributed by atoms with Crippen LogP contribution in [0.25, 0.3) is 31.3 Å². The van der Waals surface area contributed by atoms with Crippen LogP contribution in [0.2, 0.25) is 0 Å². The fourth-order valence-electron chi connectivity index (χ4n) is 8.36. The minimum atomic E-state index is -7.03. The van der Waals surface area contributed by atoms with E-state index in [0.29, 0.717) is 6.66 Å². The molecule has 556 valence electrons. The van der Waals surface area contributed by atoms with Gasteiger partial charge >= 0.3 is 33.3 Å². The fourth-order valence-corrected chi connectivity index (χ4v) is 19.8. The summed E-state index contributed by atoms with van der Waals surface area (Å²) < 4.78 is 216. The summed E-state index contributed by atoms with van der Waals surface area (Å²) in [5, 5.41) is -7.97. The van der Waals surface area contributed by atoms with Gasteiger partial charge in [0.2, 0.25) is 45.6 Å². The number of hydrogen-bond donors (Lipinski definition) is 4. The largest absolute Gasteiger partial charge is 0.775 e. The number of rotatable bonds is 26. The number of H-pyrrole nitrogens is 3. The van der Waals surface area contributed by atoms with Crippen LogP contribution < -0.4 is 73.3 Å². The van der Waals surface area contributed by atoms with Crippen LogP contribution in [0.1, 0.15) is 54.6 Å². The molecule has 3 aliphatic rings. The zero-order valence-electron chi connectivity index (χ0n) is 49.9. The Morgan fingerprint density at radius 3 is 1.08 bits per heavy atom. The molecule has 3 fully saturated rings. The molecule has 0 radical (unpaired) electrons. The van der Waals surface area contributed by atoms with E-state index in [0.717, 1.165) is 56.6 Å². The first-order valence-corrected chi connectivity index (χ1v) is 40.2. The van der Waals surface area contributed by atoms with E-state index in [9.17, 15) is 126 Å². The molecule has 0 aliphatic carbocycles. The molecule has 45 nitrogen and oxygen atoms in total. The van der Waals surface area contributed by atoms with E-state index in [1.54, 1.807) is 0 Å². The Morgan fingerprint density at radius 2 is 0.810 bits per heavy atom. The second-order valence-corrected chi connectivity index (χ2v) is 37.9. The highest BCUT2D eigenvalue weighted by Crippen LogP contribution is 2.77. The predicted molar refractivity (Wildman–Crippen MR) is 308 cm³/mol. The Balaban J connectivity index is 0.000000273. The molecule has 4 aromatic rings. The summed E-state index contributed by atoms with van der Waals surface area (Å²) >= 11 is 5.00. The summed E-state index contributed by atoms with van der Waals surface area (Å²) in [4.78, 5) is 174. The summed E-state index contributed by atoms with van der Waals surface area (Å²) in [6.07, 6.45) is -5.70. The van der Waals surface area contributed by atoms with Crippen molar-refractivity contribution in [1.29, 1.82) is 0 Å². The smallest absolute Gasteiger partial charge is 0.369 e. The fraction of sp³-hybridized carbons (Fsp3) is 0.550. The molecule has 3 saturated heterocycles. The average Bonchev–Trinajstić information content (AvgIpc) is 1.61. The van der Waals surface area contributed by atoms with Gasteiger partial charge in [0.1, 0.15) is 18.7 Å². The molecule has 60 heteroatoms. The van der Waals surface area contributed by atoms with Gasteiger partial charge in [-0.25, -0.2) is 14.4 Å². The van der Waals surface area contributed by atoms with E-state index in [-0.39, 0.29) is 36.0 Å². The normalized spacial score (nSPS) is 25.7. The maximum Gasteiger partial charge on any atom is 0.369 e. The Morgan fingerprint density at radius 1 is 0.530 bits per heavy atom. The Kier molecular flexibility index (Phi) is 27.3. The van der Waals surface area contributed by atoms with Crippen molar-refractivity contribution in [3.8, 4) is 0 Å². The lowest BCUT2D eigenvalue weighted by atomic mass is 10.1. The third kappa shape index (κ3) is 19.7. The lowest BCUT2D eigenvalue weighted by Gasteiger charge is -2.41. The highest BCUT2D eigenvalue weighted by molar-refractivity contribution is 7.89. The average molecular weight is 1610 g/mol. The van der Waals surface area contributed by atoms with Crippen LogP contribution in [0.15, 0.2) is 93.0 Å². The minimum absolute atomic E-state index is 0.0781. The van der Waals surface area contributed by atoms with Crippen molar-refractivity contribution in [3.63, 3.8) is 0 Å². The van der Waals surface area contributed by atoms with Gasteiger partial charge < -0.3 is 98.9 Å². The molecule has 0 bridgehead atoms. The standard InChI is InChI=1S/C17H20F2N5O11P3.C12H17ClF2N5O10P3.C11H15F2N5O9P2/c1-10-8-24(16(26)21-15(10)25)14-7-12(22-23-20)13(34-14)9-33-37(29,30)17(18,19)38(31,32)35-36(27,28)11-5-3-2-4-6-11;1-6-4-20(11(22)17-10(6)21)9-3-7(18-19-16)8(29-9)5-28-32(24,25)12(14,15)33(26,27)30-31(2,13)23;1-5-3-18(10(20)15-9(5)19)8-2-6(16-17-14)7(27-8)4-26-29(24,25)11(12,13)28(21,22)23/h2-6,8,12-14H,7,9H2,1H3,(H,27,28)(H,29,30)(H,31,32)(H,21,25,26);4,7-9H,3,5H2,1-2H3,(H,24,25)(H,26,27)(H,17,21,22);3,6-8H,2,4H2,1H3,(H,24,25)(H,15,19,20)(H2,21,22,23)/p-7/t12-,13-,14-;7-,8-,9-,31?;6-,7-,8-/m111/s1. The number of halogens is 7. The molecular weight excluding hydrogens is 1570 g/mol. The molecule has 17 atom stereocenters. The number of aromatic amines is 3. The number of nitrogens with one attached hydrogen (secondary N) is 3. The van der Waals surface area contributed by atoms with Crippen molar-refractivity contribution in [3.05, 3.63) is 159 Å². The second kappa shape index (κ2) is 32.1. The molecule has 7 rings (SSSR count). The van der Waals surface area contributed by atoms with Crippen LogP contribution in [0.4, 0.5) is 26.3 Å². The van der Waals surface area contributed by atoms with Crippen molar-refractivity contribution in [2.75, 3.05) is 26.5 Å². The highest BCUT2D eigenvalue weighted by Gasteiger charge is 2.58. The molecule has 0 saturated carbocycles. The summed E-state index contributed by atoms with van der Waals surface area (Å²) in [5.41, 5.74) is 21.5. The predicted octanol–water partition coefficient (Wildman–Crippen LogP) is 1.42. The first-order chi connectivity index (χ1) is 45.6. The van der Waals surface area contributed by atoms with Crippen molar-refractivity contribution in [2.45, 2.75) is 111 Å². The van der Waals surface area contributed by atoms with E-state index >= 15 is 0 Å². The van der Waals surface area contributed by atoms with Crippen LogP contribution in [0.3, 0.4) is 0 Å². The van der Waals surface area contributed by atoms with E-state index in [2.05, 4.69) is 52.3 Å². The first-order valence-electron chi connectivity index (χ1n) is 26.4. The summed E-state index contributed by atoms with van der Waals surface area (Å²) in [6, 6.07) is 1.56. The molecule has 3 aliphatic heterocycles. The molecule has 8 unspecified atom stereocenters. The Hall–Kier alpha value is -5.74. The van der Waals surface area contributed by atoms with Crippen molar-refractivity contribution < 1.29 is 138 Å². The number of aryl methyl sites for hydroxylation is 3. The van der Waals surface area contributed by atoms with Gasteiger partial charge in [-0.3, -0.25) is 56.2 Å².